The molecule has 2 aliphatic heterocycles. The summed E-state index contributed by atoms with van der Waals surface area (Å²) >= 11 is 0. The number of carbonyl (C=O) groups is 2. The average Bonchev–Trinajstić information content (AvgIpc) is 3.17. The Bertz CT molecular complexity index is 1340. The second-order valence-electron chi connectivity index (χ2n) is 7.92. The smallest absolute Gasteiger partial charge is 0.270 e. The lowest BCUT2D eigenvalue weighted by Crippen LogP contribution is -2.40. The van der Waals surface area contributed by atoms with Crippen LogP contribution < -0.4 is 0 Å². The van der Waals surface area contributed by atoms with Gasteiger partial charge in [0.25, 0.3) is 21.8 Å². The lowest BCUT2D eigenvalue weighted by molar-refractivity contribution is 0.0732. The number of para-hydroxylation sites is 1. The van der Waals surface area contributed by atoms with E-state index in [0.717, 1.165) is 16.5 Å². The molecule has 3 aromatic rings. The Hall–Kier alpha value is -3.17. The van der Waals surface area contributed by atoms with Crippen molar-refractivity contribution in [2.24, 2.45) is 0 Å². The van der Waals surface area contributed by atoms with Gasteiger partial charge in [-0.25, -0.2) is 12.7 Å². The van der Waals surface area contributed by atoms with Gasteiger partial charge in [0.15, 0.2) is 0 Å². The lowest BCUT2D eigenvalue weighted by Gasteiger charge is -2.25. The van der Waals surface area contributed by atoms with Crippen LogP contribution in [0.15, 0.2) is 53.4 Å². The molecular formula is C22H21N3O5S. The van der Waals surface area contributed by atoms with Crippen LogP contribution in [-0.2, 0) is 23.0 Å². The summed E-state index contributed by atoms with van der Waals surface area (Å²) in [7, 11) is -2.28. The molecule has 31 heavy (non-hydrogen) atoms. The van der Waals surface area contributed by atoms with Gasteiger partial charge in [-0.2, -0.15) is 0 Å². The SMILES string of the molecule is CN1CCc2c(n(C[C@@H](O)CN3C(=O)c4ccccc4S3(=O)=O)c3ccccc23)C1=O. The second-order valence-corrected chi connectivity index (χ2v) is 9.75. The van der Waals surface area contributed by atoms with Gasteiger partial charge in [0.1, 0.15) is 10.6 Å². The number of sulfonamides is 1. The number of carbonyl (C=O) groups excluding carboxylic acids is 2. The molecular weight excluding hydrogens is 418 g/mol. The number of aromatic nitrogens is 1. The zero-order valence-electron chi connectivity index (χ0n) is 16.9. The first kappa shape index (κ1) is 19.8. The van der Waals surface area contributed by atoms with Crippen LogP contribution in [0.1, 0.15) is 26.4 Å². The highest BCUT2D eigenvalue weighted by Gasteiger charge is 2.42. The number of rotatable bonds is 4. The topological polar surface area (TPSA) is 99.9 Å². The number of fused-ring (bicyclic) bond motifs is 4. The number of likely N-dealkylation sites (N-methyl/N-ethyl adjacent to an activating group) is 1. The Morgan fingerprint density at radius 2 is 1.71 bits per heavy atom. The zero-order chi connectivity index (χ0) is 21.9. The fraction of sp³-hybridized carbons (Fsp3) is 0.273. The minimum Gasteiger partial charge on any atom is -0.389 e. The number of nitrogens with zero attached hydrogens (tertiary/aromatic N) is 3. The number of aliphatic hydroxyl groups excluding tert-OH is 1. The molecule has 0 saturated carbocycles. The molecule has 0 fully saturated rings. The number of benzene rings is 2. The molecule has 5 rings (SSSR count). The van der Waals surface area contributed by atoms with Gasteiger partial charge in [0.2, 0.25) is 0 Å². The number of hydrogen-bond donors (Lipinski definition) is 1. The Balaban J connectivity index is 1.49. The van der Waals surface area contributed by atoms with E-state index in [-0.39, 0.29) is 29.5 Å². The molecule has 1 atom stereocenters. The maximum Gasteiger partial charge on any atom is 0.270 e. The molecule has 9 heteroatoms. The van der Waals surface area contributed by atoms with Crippen LogP contribution in [0.4, 0.5) is 0 Å². The van der Waals surface area contributed by atoms with Gasteiger partial charge < -0.3 is 14.6 Å². The first-order valence-electron chi connectivity index (χ1n) is 10.0. The molecule has 0 unspecified atom stereocenters. The highest BCUT2D eigenvalue weighted by atomic mass is 32.2. The van der Waals surface area contributed by atoms with E-state index in [0.29, 0.717) is 23.0 Å². The number of β-amino-alcohol motifs (C(OH)–C–C–N with tert-alkyl or cyclic N) is 1. The molecule has 1 N–H and O–H groups in total. The summed E-state index contributed by atoms with van der Waals surface area (Å²) in [6.45, 7) is 0.216. The Morgan fingerprint density at radius 3 is 2.48 bits per heavy atom. The Morgan fingerprint density at radius 1 is 1.00 bits per heavy atom. The minimum atomic E-state index is -4.01. The Labute approximate surface area is 179 Å². The summed E-state index contributed by atoms with van der Waals surface area (Å²) in [5, 5.41) is 11.8. The quantitative estimate of drug-likeness (QED) is 0.664. The summed E-state index contributed by atoms with van der Waals surface area (Å²) in [4.78, 5) is 27.1. The predicted molar refractivity (Wildman–Crippen MR) is 113 cm³/mol. The number of aliphatic hydroxyl groups is 1. The molecule has 0 saturated heterocycles. The van der Waals surface area contributed by atoms with Gasteiger partial charge in [-0.1, -0.05) is 30.3 Å². The van der Waals surface area contributed by atoms with E-state index in [1.54, 1.807) is 28.6 Å². The minimum absolute atomic E-state index is 0.00886. The van der Waals surface area contributed by atoms with Gasteiger partial charge >= 0.3 is 0 Å². The van der Waals surface area contributed by atoms with Crippen molar-refractivity contribution in [2.75, 3.05) is 20.1 Å². The van der Waals surface area contributed by atoms with Crippen LogP contribution in [0.25, 0.3) is 10.9 Å². The highest BCUT2D eigenvalue weighted by Crippen LogP contribution is 2.32. The molecule has 2 aromatic carbocycles. The fourth-order valence-electron chi connectivity index (χ4n) is 4.50. The summed E-state index contributed by atoms with van der Waals surface area (Å²) in [5.41, 5.74) is 2.35. The van der Waals surface area contributed by atoms with E-state index in [4.69, 9.17) is 0 Å². The van der Waals surface area contributed by atoms with Crippen LogP contribution in [0.2, 0.25) is 0 Å². The molecule has 8 nitrogen and oxygen atoms in total. The van der Waals surface area contributed by atoms with Crippen molar-refractivity contribution in [3.8, 4) is 0 Å². The normalized spacial score (nSPS) is 18.4. The van der Waals surface area contributed by atoms with Crippen molar-refractivity contribution >= 4 is 32.7 Å². The third-order valence-corrected chi connectivity index (χ3v) is 7.81. The molecule has 1 aromatic heterocycles. The van der Waals surface area contributed by atoms with Crippen molar-refractivity contribution in [3.63, 3.8) is 0 Å². The molecule has 0 aliphatic carbocycles. The summed E-state index contributed by atoms with van der Waals surface area (Å²) in [6.07, 6.45) is -0.483. The first-order chi connectivity index (χ1) is 14.8. The summed E-state index contributed by atoms with van der Waals surface area (Å²) in [5.74, 6) is -0.785. The number of amides is 2. The van der Waals surface area contributed by atoms with E-state index in [1.807, 2.05) is 24.3 Å². The fourth-order valence-corrected chi connectivity index (χ4v) is 6.10. The molecule has 2 aliphatic rings. The number of hydrogen-bond acceptors (Lipinski definition) is 5. The molecule has 3 heterocycles. The molecule has 0 spiro atoms. The molecule has 160 valence electrons. The van der Waals surface area contributed by atoms with Gasteiger partial charge in [-0.15, -0.1) is 0 Å². The lowest BCUT2D eigenvalue weighted by atomic mass is 10.0. The average molecular weight is 439 g/mol. The van der Waals surface area contributed by atoms with Crippen molar-refractivity contribution in [1.82, 2.24) is 13.8 Å². The van der Waals surface area contributed by atoms with E-state index >= 15 is 0 Å². The maximum absolute atomic E-state index is 12.9. The largest absolute Gasteiger partial charge is 0.389 e. The monoisotopic (exact) mass is 439 g/mol. The molecule has 0 radical (unpaired) electrons. The third-order valence-electron chi connectivity index (χ3n) is 6.00. The standard InChI is InChI=1S/C22H21N3O5S/c1-23-11-10-16-15-6-2-4-8-18(15)24(20(16)22(23)28)12-14(26)13-25-21(27)17-7-3-5-9-19(17)31(25,29)30/h2-9,14,26H,10-13H2,1H3/t14-/m1/s1. The highest BCUT2D eigenvalue weighted by molar-refractivity contribution is 7.90. The van der Waals surface area contributed by atoms with Gasteiger partial charge in [-0.05, 0) is 30.2 Å². The van der Waals surface area contributed by atoms with Crippen molar-refractivity contribution in [2.45, 2.75) is 24.0 Å². The molecule has 0 bridgehead atoms. The van der Waals surface area contributed by atoms with E-state index < -0.39 is 22.0 Å². The van der Waals surface area contributed by atoms with Gasteiger partial charge in [0.05, 0.1) is 24.8 Å². The second kappa shape index (κ2) is 6.93. The third kappa shape index (κ3) is 2.88. The van der Waals surface area contributed by atoms with Crippen LogP contribution in [0.5, 0.6) is 0 Å². The zero-order valence-corrected chi connectivity index (χ0v) is 17.7. The van der Waals surface area contributed by atoms with E-state index in [2.05, 4.69) is 0 Å². The van der Waals surface area contributed by atoms with Crippen LogP contribution >= 0.6 is 0 Å². The van der Waals surface area contributed by atoms with Crippen LogP contribution in [0.3, 0.4) is 0 Å². The van der Waals surface area contributed by atoms with Crippen molar-refractivity contribution < 1.29 is 23.1 Å². The van der Waals surface area contributed by atoms with Gasteiger partial charge in [0, 0.05) is 24.5 Å². The maximum atomic E-state index is 12.9. The van der Waals surface area contributed by atoms with Gasteiger partial charge in [-0.3, -0.25) is 9.59 Å². The van der Waals surface area contributed by atoms with Crippen molar-refractivity contribution in [1.29, 1.82) is 0 Å². The van der Waals surface area contributed by atoms with Crippen LogP contribution in [0, 0.1) is 0 Å². The molecule has 2 amide bonds. The predicted octanol–water partition coefficient (Wildman–Crippen LogP) is 1.47. The summed E-state index contributed by atoms with van der Waals surface area (Å²) in [6, 6.07) is 13.6. The summed E-state index contributed by atoms with van der Waals surface area (Å²) < 4.78 is 28.1. The van der Waals surface area contributed by atoms with Crippen LogP contribution in [-0.4, -0.2) is 65.4 Å². The van der Waals surface area contributed by atoms with E-state index in [1.165, 1.54) is 12.1 Å². The van der Waals surface area contributed by atoms with E-state index in [9.17, 15) is 23.1 Å². The first-order valence-corrected chi connectivity index (χ1v) is 11.4. The van der Waals surface area contributed by atoms with Crippen molar-refractivity contribution in [3.05, 3.63) is 65.4 Å². The Kier molecular flexibility index (Phi) is 4.42.